The molecular formula is C8H7N2Re-. The van der Waals surface area contributed by atoms with E-state index in [9.17, 15) is 0 Å². The van der Waals surface area contributed by atoms with E-state index in [0.717, 1.165) is 11.0 Å². The summed E-state index contributed by atoms with van der Waals surface area (Å²) in [6.07, 6.45) is 1.59. The first-order chi connectivity index (χ1) is 4.86. The van der Waals surface area contributed by atoms with Crippen LogP contribution < -0.4 is 4.98 Å². The summed E-state index contributed by atoms with van der Waals surface area (Å²) in [5.74, 6) is 0. The van der Waals surface area contributed by atoms with E-state index in [-0.39, 0.29) is 20.4 Å². The Labute approximate surface area is 78.7 Å². The minimum absolute atomic E-state index is 0. The van der Waals surface area contributed by atoms with Crippen molar-refractivity contribution in [1.29, 1.82) is 0 Å². The van der Waals surface area contributed by atoms with Crippen molar-refractivity contribution in [1.82, 2.24) is 9.97 Å². The monoisotopic (exact) mass is 318 g/mol. The molecule has 2 aromatic rings. The van der Waals surface area contributed by atoms with Gasteiger partial charge in [-0.25, -0.2) is 0 Å². The summed E-state index contributed by atoms with van der Waals surface area (Å²) in [6, 6.07) is 6.05. The van der Waals surface area contributed by atoms with Gasteiger partial charge in [0.1, 0.15) is 0 Å². The summed E-state index contributed by atoms with van der Waals surface area (Å²) < 4.78 is 0. The molecule has 2 nitrogen and oxygen atoms in total. The Hall–Kier alpha value is -0.648. The Kier molecular flexibility index (Phi) is 2.43. The van der Waals surface area contributed by atoms with Gasteiger partial charge in [0, 0.05) is 20.4 Å². The number of rotatable bonds is 0. The van der Waals surface area contributed by atoms with Crippen molar-refractivity contribution in [2.45, 2.75) is 6.92 Å². The molecular weight excluding hydrogens is 310 g/mol. The van der Waals surface area contributed by atoms with Gasteiger partial charge in [0.25, 0.3) is 0 Å². The fourth-order valence-corrected chi connectivity index (χ4v) is 0.999. The fraction of sp³-hybridized carbons (Fsp3) is 0.125. The van der Waals surface area contributed by atoms with Gasteiger partial charge in [0.2, 0.25) is 0 Å². The molecule has 0 atom stereocenters. The normalized spacial score (nSPS) is 9.55. The Bertz CT molecular complexity index is 354. The van der Waals surface area contributed by atoms with Crippen molar-refractivity contribution >= 4 is 11.0 Å². The zero-order chi connectivity index (χ0) is 6.97. The molecule has 1 aromatic carbocycles. The van der Waals surface area contributed by atoms with Crippen LogP contribution in [-0.4, -0.2) is 4.98 Å². The second-order valence-corrected chi connectivity index (χ2v) is 2.37. The van der Waals surface area contributed by atoms with Crippen molar-refractivity contribution < 1.29 is 20.4 Å². The number of benzene rings is 1. The van der Waals surface area contributed by atoms with Gasteiger partial charge in [-0.2, -0.15) is 0 Å². The molecule has 57 valence electrons. The van der Waals surface area contributed by atoms with E-state index in [0.29, 0.717) is 0 Å². The smallest absolute Gasteiger partial charge is 0 e. The molecule has 1 radical (unpaired) electrons. The van der Waals surface area contributed by atoms with Gasteiger partial charge in [0.05, 0.1) is 0 Å². The number of aromatic nitrogens is 2. The van der Waals surface area contributed by atoms with Crippen LogP contribution in [0.4, 0.5) is 0 Å². The van der Waals surface area contributed by atoms with E-state index >= 15 is 0 Å². The van der Waals surface area contributed by atoms with Crippen LogP contribution in [-0.2, 0) is 20.4 Å². The van der Waals surface area contributed by atoms with Crippen molar-refractivity contribution in [3.8, 4) is 0 Å². The predicted molar refractivity (Wildman–Crippen MR) is 39.8 cm³/mol. The summed E-state index contributed by atoms with van der Waals surface area (Å²) in [7, 11) is 0. The standard InChI is InChI=1S/C8H7N2.Re/c1-6-2-3-7-8(4-6)10-5-9-7;/h2-5H,1H3;/q-1;. The van der Waals surface area contributed by atoms with Crippen LogP contribution in [0.2, 0.25) is 0 Å². The Balaban J connectivity index is 0.000000605. The Morgan fingerprint density at radius 3 is 3.00 bits per heavy atom. The zero-order valence-corrected chi connectivity index (χ0v) is 8.80. The number of hydrogen-bond acceptors (Lipinski definition) is 1. The average Bonchev–Trinajstić information content (AvgIpc) is 2.33. The van der Waals surface area contributed by atoms with E-state index in [1.807, 2.05) is 25.1 Å². The second-order valence-electron chi connectivity index (χ2n) is 2.37. The molecule has 0 unspecified atom stereocenters. The molecule has 0 aliphatic carbocycles. The van der Waals surface area contributed by atoms with Crippen LogP contribution in [0.15, 0.2) is 24.5 Å². The van der Waals surface area contributed by atoms with Crippen molar-refractivity contribution in [2.24, 2.45) is 0 Å². The predicted octanol–water partition coefficient (Wildman–Crippen LogP) is 1.50. The van der Waals surface area contributed by atoms with Gasteiger partial charge < -0.3 is 9.97 Å². The van der Waals surface area contributed by atoms with Gasteiger partial charge in [-0.3, -0.25) is 0 Å². The maximum absolute atomic E-state index is 4.07. The van der Waals surface area contributed by atoms with Crippen LogP contribution in [0, 0.1) is 6.92 Å². The summed E-state index contributed by atoms with van der Waals surface area (Å²) in [5, 5.41) is 0. The minimum atomic E-state index is 0. The third-order valence-corrected chi connectivity index (χ3v) is 1.52. The topological polar surface area (TPSA) is 27.0 Å². The van der Waals surface area contributed by atoms with Gasteiger partial charge in [-0.1, -0.05) is 30.1 Å². The molecule has 3 heteroatoms. The van der Waals surface area contributed by atoms with E-state index in [4.69, 9.17) is 0 Å². The molecule has 0 saturated carbocycles. The van der Waals surface area contributed by atoms with E-state index in [2.05, 4.69) is 9.97 Å². The first-order valence-corrected chi connectivity index (χ1v) is 3.20. The Morgan fingerprint density at radius 1 is 1.36 bits per heavy atom. The van der Waals surface area contributed by atoms with E-state index < -0.39 is 0 Å². The van der Waals surface area contributed by atoms with E-state index in [1.165, 1.54) is 5.56 Å². The molecule has 1 aromatic heterocycles. The molecule has 0 amide bonds. The third-order valence-electron chi connectivity index (χ3n) is 1.52. The van der Waals surface area contributed by atoms with E-state index in [1.54, 1.807) is 6.33 Å². The minimum Gasteiger partial charge on any atom is -0.443 e. The first kappa shape index (κ1) is 8.45. The van der Waals surface area contributed by atoms with Crippen LogP contribution in [0.1, 0.15) is 5.56 Å². The van der Waals surface area contributed by atoms with Crippen molar-refractivity contribution in [3.05, 3.63) is 30.1 Å². The summed E-state index contributed by atoms with van der Waals surface area (Å²) in [4.78, 5) is 8.12. The molecule has 0 aliphatic heterocycles. The number of imidazole rings is 1. The first-order valence-electron chi connectivity index (χ1n) is 3.20. The molecule has 0 fully saturated rings. The van der Waals surface area contributed by atoms with Crippen LogP contribution in [0.5, 0.6) is 0 Å². The largest absolute Gasteiger partial charge is 0.443 e. The van der Waals surface area contributed by atoms with Crippen molar-refractivity contribution in [2.75, 3.05) is 0 Å². The molecule has 1 heterocycles. The Morgan fingerprint density at radius 2 is 2.18 bits per heavy atom. The molecule has 0 saturated heterocycles. The molecule has 0 bridgehead atoms. The number of aryl methyl sites for hydroxylation is 1. The molecule has 0 N–H and O–H groups in total. The number of fused-ring (bicyclic) bond motifs is 1. The quantitative estimate of drug-likeness (QED) is 0.736. The molecule has 11 heavy (non-hydrogen) atoms. The fourth-order valence-electron chi connectivity index (χ4n) is 0.999. The summed E-state index contributed by atoms with van der Waals surface area (Å²) >= 11 is 0. The van der Waals surface area contributed by atoms with Gasteiger partial charge >= 0.3 is 0 Å². The van der Waals surface area contributed by atoms with Crippen LogP contribution in [0.25, 0.3) is 11.0 Å². The SMILES string of the molecule is Cc1ccc2[n-]cnc2c1.[Re]. The molecule has 2 rings (SSSR count). The van der Waals surface area contributed by atoms with Crippen LogP contribution >= 0.6 is 0 Å². The summed E-state index contributed by atoms with van der Waals surface area (Å²) in [5.41, 5.74) is 3.19. The maximum atomic E-state index is 4.07. The summed E-state index contributed by atoms with van der Waals surface area (Å²) in [6.45, 7) is 2.05. The molecule has 0 spiro atoms. The molecule has 0 aliphatic rings. The average molecular weight is 317 g/mol. The number of hydrogen-bond donors (Lipinski definition) is 0. The van der Waals surface area contributed by atoms with Crippen LogP contribution in [0.3, 0.4) is 0 Å². The van der Waals surface area contributed by atoms with Gasteiger partial charge in [-0.15, -0.1) is 0 Å². The third kappa shape index (κ3) is 1.50. The second kappa shape index (κ2) is 3.17. The van der Waals surface area contributed by atoms with Crippen molar-refractivity contribution in [3.63, 3.8) is 0 Å². The van der Waals surface area contributed by atoms with Gasteiger partial charge in [0.15, 0.2) is 0 Å². The zero-order valence-electron chi connectivity index (χ0n) is 6.08. The van der Waals surface area contributed by atoms with Gasteiger partial charge in [-0.05, 0) is 18.0 Å². The number of nitrogens with zero attached hydrogens (tertiary/aromatic N) is 2. The maximum Gasteiger partial charge on any atom is 0 e.